The highest BCUT2D eigenvalue weighted by Gasteiger charge is 2.27. The molecule has 1 fully saturated rings. The molecule has 1 heterocycles. The van der Waals surface area contributed by atoms with Gasteiger partial charge in [0.2, 0.25) is 5.91 Å². The summed E-state index contributed by atoms with van der Waals surface area (Å²) >= 11 is 0. The summed E-state index contributed by atoms with van der Waals surface area (Å²) in [5.41, 5.74) is 0.590. The number of amides is 1. The summed E-state index contributed by atoms with van der Waals surface area (Å²) in [5, 5.41) is 0. The van der Waals surface area contributed by atoms with Gasteiger partial charge in [-0.25, -0.2) is 0 Å². The minimum Gasteiger partial charge on any atom is -0.493 e. The number of hydrogen-bond acceptors (Lipinski definition) is 4. The zero-order chi connectivity index (χ0) is 16.1. The number of ether oxygens (including phenoxy) is 2. The summed E-state index contributed by atoms with van der Waals surface area (Å²) in [4.78, 5) is 26.0. The van der Waals surface area contributed by atoms with Crippen molar-refractivity contribution in [2.45, 2.75) is 38.6 Å². The zero-order valence-corrected chi connectivity index (χ0v) is 13.4. The van der Waals surface area contributed by atoms with Crippen molar-refractivity contribution in [2.75, 3.05) is 20.8 Å². The molecule has 0 saturated carbocycles. The van der Waals surface area contributed by atoms with Crippen molar-refractivity contribution in [1.29, 1.82) is 0 Å². The summed E-state index contributed by atoms with van der Waals surface area (Å²) in [6.07, 6.45) is 3.32. The molecule has 1 aliphatic rings. The predicted molar refractivity (Wildman–Crippen MR) is 83.5 cm³/mol. The molecule has 0 aromatic heterocycles. The summed E-state index contributed by atoms with van der Waals surface area (Å²) < 4.78 is 10.4. The number of piperidine rings is 1. The summed E-state index contributed by atoms with van der Waals surface area (Å²) in [5.74, 6) is 1.21. The Hall–Kier alpha value is -2.04. The number of ketones is 1. The number of rotatable bonds is 5. The second-order valence-electron chi connectivity index (χ2n) is 5.56. The normalized spacial score (nSPS) is 18.0. The van der Waals surface area contributed by atoms with E-state index in [1.165, 1.54) is 0 Å². The van der Waals surface area contributed by atoms with E-state index in [1.54, 1.807) is 39.3 Å². The van der Waals surface area contributed by atoms with Crippen LogP contribution in [0, 0.1) is 0 Å². The predicted octanol–water partition coefficient (Wildman–Crippen LogP) is 2.68. The van der Waals surface area contributed by atoms with Gasteiger partial charge in [-0.05, 0) is 37.5 Å². The monoisotopic (exact) mass is 305 g/mol. The Labute approximate surface area is 131 Å². The Kier molecular flexibility index (Phi) is 5.41. The highest BCUT2D eigenvalue weighted by atomic mass is 16.5. The number of benzene rings is 1. The third kappa shape index (κ3) is 3.59. The van der Waals surface area contributed by atoms with E-state index in [9.17, 15) is 9.59 Å². The molecule has 5 heteroatoms. The van der Waals surface area contributed by atoms with Gasteiger partial charge in [-0.3, -0.25) is 9.59 Å². The maximum Gasteiger partial charge on any atom is 0.219 e. The van der Waals surface area contributed by atoms with Gasteiger partial charge in [-0.2, -0.15) is 0 Å². The standard InChI is InChI=1S/C17H23NO4/c1-12(19)18-9-5-4-6-14(18)11-15(20)13-7-8-16(21-2)17(10-13)22-3/h7-8,10,14H,4-6,9,11H2,1-3H3. The molecule has 0 aliphatic carbocycles. The minimum absolute atomic E-state index is 0.00634. The molecule has 1 saturated heterocycles. The lowest BCUT2D eigenvalue weighted by molar-refractivity contribution is -0.132. The largest absolute Gasteiger partial charge is 0.493 e. The molecule has 120 valence electrons. The molecule has 1 unspecified atom stereocenters. The third-order valence-electron chi connectivity index (χ3n) is 4.16. The van der Waals surface area contributed by atoms with Gasteiger partial charge >= 0.3 is 0 Å². The molecule has 1 atom stereocenters. The molecule has 0 spiro atoms. The van der Waals surface area contributed by atoms with Crippen LogP contribution in [0.5, 0.6) is 11.5 Å². The molecule has 1 amide bonds. The lowest BCUT2D eigenvalue weighted by Crippen LogP contribution is -2.43. The van der Waals surface area contributed by atoms with Gasteiger partial charge in [0.25, 0.3) is 0 Å². The molecule has 0 N–H and O–H groups in total. The van der Waals surface area contributed by atoms with Crippen molar-refractivity contribution in [2.24, 2.45) is 0 Å². The van der Waals surface area contributed by atoms with Crippen LogP contribution in [0.25, 0.3) is 0 Å². The second-order valence-corrected chi connectivity index (χ2v) is 5.56. The van der Waals surface area contributed by atoms with Crippen molar-refractivity contribution in [3.63, 3.8) is 0 Å². The fraction of sp³-hybridized carbons (Fsp3) is 0.529. The molecular weight excluding hydrogens is 282 g/mol. The van der Waals surface area contributed by atoms with E-state index in [4.69, 9.17) is 9.47 Å². The SMILES string of the molecule is COc1ccc(C(=O)CC2CCCCN2C(C)=O)cc1OC. The van der Waals surface area contributed by atoms with Crippen LogP contribution in [0.4, 0.5) is 0 Å². The molecule has 0 radical (unpaired) electrons. The van der Waals surface area contributed by atoms with Crippen LogP contribution in [-0.4, -0.2) is 43.4 Å². The summed E-state index contributed by atoms with van der Waals surface area (Å²) in [6, 6.07) is 5.18. The van der Waals surface area contributed by atoms with Crippen molar-refractivity contribution in [1.82, 2.24) is 4.90 Å². The Morgan fingerprint density at radius 2 is 1.91 bits per heavy atom. The molecule has 5 nitrogen and oxygen atoms in total. The fourth-order valence-corrected chi connectivity index (χ4v) is 2.97. The Morgan fingerprint density at radius 1 is 1.18 bits per heavy atom. The first-order valence-corrected chi connectivity index (χ1v) is 7.59. The van der Waals surface area contributed by atoms with Crippen LogP contribution < -0.4 is 9.47 Å². The second kappa shape index (κ2) is 7.29. The minimum atomic E-state index is 0.00634. The lowest BCUT2D eigenvalue weighted by atomic mass is 9.95. The van der Waals surface area contributed by atoms with Gasteiger partial charge in [-0.15, -0.1) is 0 Å². The topological polar surface area (TPSA) is 55.8 Å². The van der Waals surface area contributed by atoms with Crippen LogP contribution in [0.2, 0.25) is 0 Å². The highest BCUT2D eigenvalue weighted by Crippen LogP contribution is 2.29. The van der Waals surface area contributed by atoms with E-state index in [2.05, 4.69) is 0 Å². The number of carbonyl (C=O) groups excluding carboxylic acids is 2. The van der Waals surface area contributed by atoms with Crippen molar-refractivity contribution >= 4 is 11.7 Å². The Balaban J connectivity index is 2.12. The molecule has 1 aromatic rings. The smallest absolute Gasteiger partial charge is 0.219 e. The first-order chi connectivity index (χ1) is 10.6. The van der Waals surface area contributed by atoms with Gasteiger partial charge < -0.3 is 14.4 Å². The average molecular weight is 305 g/mol. The summed E-state index contributed by atoms with van der Waals surface area (Å²) in [6.45, 7) is 2.32. The maximum atomic E-state index is 12.5. The van der Waals surface area contributed by atoms with E-state index in [0.717, 1.165) is 25.8 Å². The van der Waals surface area contributed by atoms with Crippen LogP contribution in [0.1, 0.15) is 43.0 Å². The third-order valence-corrected chi connectivity index (χ3v) is 4.16. The summed E-state index contributed by atoms with van der Waals surface area (Å²) in [7, 11) is 3.11. The molecule has 1 aromatic carbocycles. The molecule has 0 bridgehead atoms. The number of likely N-dealkylation sites (tertiary alicyclic amines) is 1. The van der Waals surface area contributed by atoms with Crippen LogP contribution in [-0.2, 0) is 4.79 Å². The molecule has 22 heavy (non-hydrogen) atoms. The first kappa shape index (κ1) is 16.3. The van der Waals surface area contributed by atoms with E-state index >= 15 is 0 Å². The number of nitrogens with zero attached hydrogens (tertiary/aromatic N) is 1. The quantitative estimate of drug-likeness (QED) is 0.785. The van der Waals surface area contributed by atoms with E-state index in [-0.39, 0.29) is 17.7 Å². The van der Waals surface area contributed by atoms with E-state index in [1.807, 2.05) is 4.90 Å². The lowest BCUT2D eigenvalue weighted by Gasteiger charge is -2.34. The van der Waals surface area contributed by atoms with Crippen LogP contribution >= 0.6 is 0 Å². The highest BCUT2D eigenvalue weighted by molar-refractivity contribution is 5.97. The number of hydrogen-bond donors (Lipinski definition) is 0. The van der Waals surface area contributed by atoms with Gasteiger partial charge in [0.05, 0.1) is 14.2 Å². The van der Waals surface area contributed by atoms with Gasteiger partial charge in [0.15, 0.2) is 17.3 Å². The van der Waals surface area contributed by atoms with Gasteiger partial charge in [0, 0.05) is 31.5 Å². The Morgan fingerprint density at radius 3 is 2.55 bits per heavy atom. The Bertz CT molecular complexity index is 556. The zero-order valence-electron chi connectivity index (χ0n) is 13.4. The average Bonchev–Trinajstić information content (AvgIpc) is 2.54. The van der Waals surface area contributed by atoms with Crippen LogP contribution in [0.3, 0.4) is 0 Å². The number of carbonyl (C=O) groups is 2. The maximum absolute atomic E-state index is 12.5. The number of Topliss-reactive ketones (excluding diaryl/α,β-unsaturated/α-hetero) is 1. The van der Waals surface area contributed by atoms with Crippen molar-refractivity contribution in [3.05, 3.63) is 23.8 Å². The fourth-order valence-electron chi connectivity index (χ4n) is 2.97. The molecule has 2 rings (SSSR count). The molecule has 1 aliphatic heterocycles. The van der Waals surface area contributed by atoms with E-state index < -0.39 is 0 Å². The first-order valence-electron chi connectivity index (χ1n) is 7.59. The van der Waals surface area contributed by atoms with Crippen LogP contribution in [0.15, 0.2) is 18.2 Å². The molecular formula is C17H23NO4. The van der Waals surface area contributed by atoms with Gasteiger partial charge in [-0.1, -0.05) is 0 Å². The number of methoxy groups -OCH3 is 2. The van der Waals surface area contributed by atoms with Crippen molar-refractivity contribution in [3.8, 4) is 11.5 Å². The van der Waals surface area contributed by atoms with Gasteiger partial charge in [0.1, 0.15) is 0 Å². The van der Waals surface area contributed by atoms with E-state index in [0.29, 0.717) is 23.5 Å². The van der Waals surface area contributed by atoms with Crippen molar-refractivity contribution < 1.29 is 19.1 Å².